The fraction of sp³-hybridized carbons (Fsp3) is 0.143. The maximum Gasteiger partial charge on any atom is 0.185 e. The highest BCUT2D eigenvalue weighted by molar-refractivity contribution is 6.07. The van der Waals surface area contributed by atoms with Crippen molar-refractivity contribution in [1.82, 2.24) is 9.78 Å². The van der Waals surface area contributed by atoms with E-state index in [9.17, 15) is 4.79 Å². The number of nitrogens with zero attached hydrogens (tertiary/aromatic N) is 2. The van der Waals surface area contributed by atoms with Gasteiger partial charge in [0.05, 0.1) is 5.69 Å². The number of hydrogen-bond donors (Lipinski definition) is 0. The van der Waals surface area contributed by atoms with Crippen LogP contribution < -0.4 is 0 Å². The first-order valence-corrected chi connectivity index (χ1v) is 8.09. The Hall–Kier alpha value is -2.94. The number of allylic oxidation sites excluding steroid dienone is 1. The number of carbonyl (C=O) groups is 1. The lowest BCUT2D eigenvalue weighted by atomic mass is 10.0. The van der Waals surface area contributed by atoms with Crippen LogP contribution in [0, 0.1) is 6.92 Å². The normalized spacial score (nSPS) is 11.1. The molecule has 0 bridgehead atoms. The van der Waals surface area contributed by atoms with E-state index in [0.29, 0.717) is 5.56 Å². The average Bonchev–Trinajstić information content (AvgIpc) is 3.00. The van der Waals surface area contributed by atoms with E-state index in [0.717, 1.165) is 28.9 Å². The number of hydrogen-bond acceptors (Lipinski definition) is 2. The van der Waals surface area contributed by atoms with Crippen molar-refractivity contribution in [2.75, 3.05) is 0 Å². The predicted octanol–water partition coefficient (Wildman–Crippen LogP) is 4.77. The Morgan fingerprint density at radius 1 is 1.04 bits per heavy atom. The van der Waals surface area contributed by atoms with Crippen LogP contribution in [0.2, 0.25) is 0 Å². The van der Waals surface area contributed by atoms with Crippen molar-refractivity contribution in [3.8, 4) is 11.1 Å². The topological polar surface area (TPSA) is 34.9 Å². The molecule has 120 valence electrons. The molecule has 1 heterocycles. The second-order valence-electron chi connectivity index (χ2n) is 5.67. The maximum atomic E-state index is 12.3. The number of rotatable bonds is 5. The van der Waals surface area contributed by atoms with Crippen LogP contribution in [-0.2, 0) is 6.54 Å². The van der Waals surface area contributed by atoms with Crippen LogP contribution in [0.15, 0.2) is 66.9 Å². The largest absolute Gasteiger partial charge is 0.289 e. The van der Waals surface area contributed by atoms with Crippen LogP contribution in [0.4, 0.5) is 0 Å². The first kappa shape index (κ1) is 15.9. The predicted molar refractivity (Wildman–Crippen MR) is 97.9 cm³/mol. The van der Waals surface area contributed by atoms with Gasteiger partial charge in [-0.05, 0) is 37.1 Å². The first-order valence-electron chi connectivity index (χ1n) is 8.09. The van der Waals surface area contributed by atoms with E-state index in [1.54, 1.807) is 6.08 Å². The first-order chi connectivity index (χ1) is 11.7. The minimum absolute atomic E-state index is 0.00161. The highest BCUT2D eigenvalue weighted by Crippen LogP contribution is 2.19. The molecule has 0 aliphatic rings. The van der Waals surface area contributed by atoms with Crippen molar-refractivity contribution in [3.05, 3.63) is 83.7 Å². The fourth-order valence-corrected chi connectivity index (χ4v) is 2.58. The van der Waals surface area contributed by atoms with Gasteiger partial charge in [0.2, 0.25) is 0 Å². The quantitative estimate of drug-likeness (QED) is 0.502. The highest BCUT2D eigenvalue weighted by Gasteiger charge is 2.05. The fourth-order valence-electron chi connectivity index (χ4n) is 2.58. The second kappa shape index (κ2) is 7.09. The second-order valence-corrected chi connectivity index (χ2v) is 5.67. The van der Waals surface area contributed by atoms with Crippen molar-refractivity contribution in [2.45, 2.75) is 20.4 Å². The Kier molecular flexibility index (Phi) is 4.71. The summed E-state index contributed by atoms with van der Waals surface area (Å²) in [6.45, 7) is 4.81. The van der Waals surface area contributed by atoms with Gasteiger partial charge >= 0.3 is 0 Å². The van der Waals surface area contributed by atoms with Gasteiger partial charge in [-0.2, -0.15) is 5.10 Å². The third-order valence-corrected chi connectivity index (χ3v) is 4.00. The van der Waals surface area contributed by atoms with Crippen LogP contribution in [0.1, 0.15) is 28.5 Å². The molecule has 1 aromatic heterocycles. The highest BCUT2D eigenvalue weighted by atomic mass is 16.1. The van der Waals surface area contributed by atoms with Gasteiger partial charge in [0.25, 0.3) is 0 Å². The van der Waals surface area contributed by atoms with Crippen LogP contribution in [0.25, 0.3) is 17.2 Å². The number of benzene rings is 2. The maximum absolute atomic E-state index is 12.3. The molecule has 3 rings (SSSR count). The molecule has 2 aromatic carbocycles. The summed E-state index contributed by atoms with van der Waals surface area (Å²) in [5.41, 5.74) is 4.85. The lowest BCUT2D eigenvalue weighted by molar-refractivity contribution is 0.104. The zero-order valence-electron chi connectivity index (χ0n) is 13.9. The van der Waals surface area contributed by atoms with E-state index >= 15 is 0 Å². The zero-order valence-corrected chi connectivity index (χ0v) is 13.9. The summed E-state index contributed by atoms with van der Waals surface area (Å²) in [7, 11) is 0. The molecule has 0 atom stereocenters. The van der Waals surface area contributed by atoms with Gasteiger partial charge in [-0.3, -0.25) is 9.48 Å². The van der Waals surface area contributed by atoms with Crippen LogP contribution >= 0.6 is 0 Å². The van der Waals surface area contributed by atoms with Crippen molar-refractivity contribution in [2.24, 2.45) is 0 Å². The minimum Gasteiger partial charge on any atom is -0.289 e. The van der Waals surface area contributed by atoms with Gasteiger partial charge in [-0.15, -0.1) is 0 Å². The van der Waals surface area contributed by atoms with Crippen LogP contribution in [0.5, 0.6) is 0 Å². The molecule has 24 heavy (non-hydrogen) atoms. The Balaban J connectivity index is 1.75. The third kappa shape index (κ3) is 3.51. The van der Waals surface area contributed by atoms with Gasteiger partial charge < -0.3 is 0 Å². The van der Waals surface area contributed by atoms with Gasteiger partial charge in [0.1, 0.15) is 0 Å². The molecule has 0 fully saturated rings. The zero-order chi connectivity index (χ0) is 16.9. The average molecular weight is 316 g/mol. The summed E-state index contributed by atoms with van der Waals surface area (Å²) >= 11 is 0. The van der Waals surface area contributed by atoms with E-state index in [1.807, 2.05) is 73.3 Å². The molecule has 0 spiro atoms. The number of ketones is 1. The van der Waals surface area contributed by atoms with Crippen molar-refractivity contribution in [3.63, 3.8) is 0 Å². The molecule has 0 aliphatic carbocycles. The van der Waals surface area contributed by atoms with E-state index in [-0.39, 0.29) is 5.78 Å². The summed E-state index contributed by atoms with van der Waals surface area (Å²) < 4.78 is 1.87. The smallest absolute Gasteiger partial charge is 0.185 e. The number of aromatic nitrogens is 2. The molecule has 3 aromatic rings. The van der Waals surface area contributed by atoms with Gasteiger partial charge in [0, 0.05) is 23.9 Å². The Bertz CT molecular complexity index is 859. The SMILES string of the molecule is CCn1cc(C=CC(=O)c2ccc(-c3ccccc3)cc2)c(C)n1. The molecule has 0 radical (unpaired) electrons. The lowest BCUT2D eigenvalue weighted by Crippen LogP contribution is -1.93. The standard InChI is InChI=1S/C21H20N2O/c1-3-23-15-20(16(2)22-23)13-14-21(24)19-11-9-18(10-12-19)17-7-5-4-6-8-17/h4-15H,3H2,1-2H3. The molecule has 0 N–H and O–H groups in total. The van der Waals surface area contributed by atoms with Crippen LogP contribution in [-0.4, -0.2) is 15.6 Å². The molecule has 0 saturated heterocycles. The van der Waals surface area contributed by atoms with Crippen molar-refractivity contribution in [1.29, 1.82) is 0 Å². The summed E-state index contributed by atoms with van der Waals surface area (Å²) in [6, 6.07) is 17.8. The summed E-state index contributed by atoms with van der Waals surface area (Å²) in [5.74, 6) is -0.00161. The van der Waals surface area contributed by atoms with E-state index < -0.39 is 0 Å². The Morgan fingerprint density at radius 3 is 2.33 bits per heavy atom. The molecule has 0 unspecified atom stereocenters. The van der Waals surface area contributed by atoms with Gasteiger partial charge in [0.15, 0.2) is 5.78 Å². The van der Waals surface area contributed by atoms with Crippen molar-refractivity contribution >= 4 is 11.9 Å². The van der Waals surface area contributed by atoms with E-state index in [2.05, 4.69) is 17.2 Å². The summed E-state index contributed by atoms with van der Waals surface area (Å²) in [4.78, 5) is 12.3. The third-order valence-electron chi connectivity index (χ3n) is 4.00. The number of aryl methyl sites for hydroxylation is 2. The molecule has 0 aliphatic heterocycles. The monoisotopic (exact) mass is 316 g/mol. The molecule has 0 saturated carbocycles. The van der Waals surface area contributed by atoms with Crippen LogP contribution in [0.3, 0.4) is 0 Å². The van der Waals surface area contributed by atoms with E-state index in [1.165, 1.54) is 0 Å². The molecular formula is C21H20N2O. The Morgan fingerprint density at radius 2 is 1.71 bits per heavy atom. The van der Waals surface area contributed by atoms with E-state index in [4.69, 9.17) is 0 Å². The Labute approximate surface area is 142 Å². The molecule has 3 heteroatoms. The lowest BCUT2D eigenvalue weighted by Gasteiger charge is -2.02. The molecular weight excluding hydrogens is 296 g/mol. The van der Waals surface area contributed by atoms with Gasteiger partial charge in [-0.25, -0.2) is 0 Å². The van der Waals surface area contributed by atoms with Crippen molar-refractivity contribution < 1.29 is 4.79 Å². The summed E-state index contributed by atoms with van der Waals surface area (Å²) in [6.07, 6.45) is 5.40. The van der Waals surface area contributed by atoms with Gasteiger partial charge in [-0.1, -0.05) is 54.6 Å². The minimum atomic E-state index is -0.00161. The summed E-state index contributed by atoms with van der Waals surface area (Å²) in [5, 5.41) is 4.38. The number of carbonyl (C=O) groups excluding carboxylic acids is 1. The molecule has 0 amide bonds. The molecule has 3 nitrogen and oxygen atoms in total.